The van der Waals surface area contributed by atoms with Crippen molar-refractivity contribution in [1.29, 1.82) is 0 Å². The molecule has 1 fully saturated rings. The Bertz CT molecular complexity index is 668. The number of hydrogen-bond acceptors (Lipinski definition) is 5. The van der Waals surface area contributed by atoms with Gasteiger partial charge in [0.1, 0.15) is 11.9 Å². The average Bonchev–Trinajstić information content (AvgIpc) is 2.64. The molecule has 0 spiro atoms. The minimum Gasteiger partial charge on any atom is -0.482 e. The lowest BCUT2D eigenvalue weighted by Gasteiger charge is -2.29. The summed E-state index contributed by atoms with van der Waals surface area (Å²) in [5, 5.41) is 3.03. The van der Waals surface area contributed by atoms with Gasteiger partial charge in [0, 0.05) is 24.5 Å². The van der Waals surface area contributed by atoms with Gasteiger partial charge in [-0.25, -0.2) is 4.98 Å². The molecule has 1 saturated carbocycles. The zero-order valence-corrected chi connectivity index (χ0v) is 14.4. The Hall–Kier alpha value is -2.63. The highest BCUT2D eigenvalue weighted by atomic mass is 16.5. The molecular weight excluding hydrogens is 318 g/mol. The zero-order chi connectivity index (χ0) is 17.5. The zero-order valence-electron chi connectivity index (χ0n) is 14.4. The second-order valence-corrected chi connectivity index (χ2v) is 6.31. The predicted molar refractivity (Wildman–Crippen MR) is 93.5 cm³/mol. The van der Waals surface area contributed by atoms with Gasteiger partial charge in [-0.05, 0) is 50.3 Å². The van der Waals surface area contributed by atoms with Crippen LogP contribution in [0.25, 0.3) is 0 Å². The van der Waals surface area contributed by atoms with E-state index in [1.807, 2.05) is 25.3 Å². The lowest BCUT2D eigenvalue weighted by molar-refractivity contribution is -0.124. The SMILES string of the molecule is Cc1ccc(OC2CCC(NC(=O)COc3cccnc3)CC2)nc1. The number of rotatable bonds is 6. The van der Waals surface area contributed by atoms with E-state index < -0.39 is 0 Å². The van der Waals surface area contributed by atoms with Crippen LogP contribution in [0.15, 0.2) is 42.9 Å². The predicted octanol–water partition coefficient (Wildman–Crippen LogP) is 2.67. The van der Waals surface area contributed by atoms with Crippen molar-refractivity contribution in [1.82, 2.24) is 15.3 Å². The monoisotopic (exact) mass is 341 g/mol. The van der Waals surface area contributed by atoms with Crippen LogP contribution in [0.5, 0.6) is 11.6 Å². The van der Waals surface area contributed by atoms with Crippen molar-refractivity contribution < 1.29 is 14.3 Å². The van der Waals surface area contributed by atoms with Gasteiger partial charge in [-0.3, -0.25) is 9.78 Å². The molecule has 1 aliphatic carbocycles. The number of nitrogens with zero attached hydrogens (tertiary/aromatic N) is 2. The van der Waals surface area contributed by atoms with E-state index >= 15 is 0 Å². The maximum Gasteiger partial charge on any atom is 0.258 e. The van der Waals surface area contributed by atoms with Crippen LogP contribution in [0.3, 0.4) is 0 Å². The number of amides is 1. The van der Waals surface area contributed by atoms with Crippen LogP contribution in [-0.4, -0.2) is 34.6 Å². The molecule has 3 rings (SSSR count). The van der Waals surface area contributed by atoms with E-state index in [-0.39, 0.29) is 24.7 Å². The highest BCUT2D eigenvalue weighted by Crippen LogP contribution is 2.23. The molecule has 2 heterocycles. The molecule has 0 bridgehead atoms. The Morgan fingerprint density at radius 3 is 2.72 bits per heavy atom. The van der Waals surface area contributed by atoms with E-state index in [9.17, 15) is 4.79 Å². The highest BCUT2D eigenvalue weighted by Gasteiger charge is 2.24. The summed E-state index contributed by atoms with van der Waals surface area (Å²) in [6.45, 7) is 2.01. The van der Waals surface area contributed by atoms with Crippen molar-refractivity contribution in [2.24, 2.45) is 0 Å². The van der Waals surface area contributed by atoms with Gasteiger partial charge in [0.25, 0.3) is 5.91 Å². The number of carbonyl (C=O) groups is 1. The van der Waals surface area contributed by atoms with E-state index in [1.54, 1.807) is 24.5 Å². The molecule has 0 unspecified atom stereocenters. The number of nitrogens with one attached hydrogen (secondary N) is 1. The first-order valence-corrected chi connectivity index (χ1v) is 8.60. The van der Waals surface area contributed by atoms with Crippen LogP contribution in [0, 0.1) is 6.92 Å². The van der Waals surface area contributed by atoms with E-state index in [0.29, 0.717) is 11.6 Å². The molecule has 0 atom stereocenters. The third-order valence-electron chi connectivity index (χ3n) is 4.22. The topological polar surface area (TPSA) is 73.3 Å². The number of hydrogen-bond donors (Lipinski definition) is 1. The fourth-order valence-electron chi connectivity index (χ4n) is 2.87. The van der Waals surface area contributed by atoms with E-state index in [4.69, 9.17) is 9.47 Å². The molecule has 0 aliphatic heterocycles. The largest absolute Gasteiger partial charge is 0.482 e. The Kier molecular flexibility index (Phi) is 5.82. The molecule has 2 aromatic heterocycles. The molecule has 0 saturated heterocycles. The number of pyridine rings is 2. The van der Waals surface area contributed by atoms with Crippen molar-refractivity contribution in [3.63, 3.8) is 0 Å². The fraction of sp³-hybridized carbons (Fsp3) is 0.421. The van der Waals surface area contributed by atoms with Gasteiger partial charge in [-0.15, -0.1) is 0 Å². The standard InChI is InChI=1S/C19H23N3O3/c1-14-4-9-19(21-11-14)25-16-7-5-15(6-8-16)22-18(23)13-24-17-3-2-10-20-12-17/h2-4,9-12,15-16H,5-8,13H2,1H3,(H,22,23). The minimum atomic E-state index is -0.103. The third kappa shape index (κ3) is 5.45. The van der Waals surface area contributed by atoms with Crippen LogP contribution in [0.4, 0.5) is 0 Å². The van der Waals surface area contributed by atoms with Gasteiger partial charge in [0.2, 0.25) is 5.88 Å². The summed E-state index contributed by atoms with van der Waals surface area (Å²) in [4.78, 5) is 20.2. The van der Waals surface area contributed by atoms with Crippen molar-refractivity contribution in [3.05, 3.63) is 48.4 Å². The van der Waals surface area contributed by atoms with E-state index in [0.717, 1.165) is 31.2 Å². The second kappa shape index (κ2) is 8.46. The Morgan fingerprint density at radius 2 is 2.04 bits per heavy atom. The molecular formula is C19H23N3O3. The summed E-state index contributed by atoms with van der Waals surface area (Å²) in [7, 11) is 0. The molecule has 6 nitrogen and oxygen atoms in total. The number of aryl methyl sites for hydroxylation is 1. The molecule has 2 aromatic rings. The van der Waals surface area contributed by atoms with Gasteiger partial charge in [-0.2, -0.15) is 0 Å². The first-order chi connectivity index (χ1) is 12.2. The van der Waals surface area contributed by atoms with Gasteiger partial charge in [0.15, 0.2) is 6.61 Å². The molecule has 1 aliphatic rings. The van der Waals surface area contributed by atoms with Gasteiger partial charge in [0.05, 0.1) is 6.20 Å². The number of carbonyl (C=O) groups excluding carboxylic acids is 1. The first-order valence-electron chi connectivity index (χ1n) is 8.60. The number of ether oxygens (including phenoxy) is 2. The molecule has 6 heteroatoms. The van der Waals surface area contributed by atoms with Crippen LogP contribution >= 0.6 is 0 Å². The summed E-state index contributed by atoms with van der Waals surface area (Å²) in [6, 6.07) is 7.63. The maximum absolute atomic E-state index is 12.0. The Labute approximate surface area is 147 Å². The molecule has 0 radical (unpaired) electrons. The number of aromatic nitrogens is 2. The highest BCUT2D eigenvalue weighted by molar-refractivity contribution is 5.77. The summed E-state index contributed by atoms with van der Waals surface area (Å²) < 4.78 is 11.3. The van der Waals surface area contributed by atoms with Crippen molar-refractivity contribution >= 4 is 5.91 Å². The van der Waals surface area contributed by atoms with Crippen LogP contribution in [0.1, 0.15) is 31.2 Å². The normalized spacial score (nSPS) is 19.9. The second-order valence-electron chi connectivity index (χ2n) is 6.31. The lowest BCUT2D eigenvalue weighted by Crippen LogP contribution is -2.41. The van der Waals surface area contributed by atoms with Crippen LogP contribution in [-0.2, 0) is 4.79 Å². The molecule has 0 aromatic carbocycles. The summed E-state index contributed by atoms with van der Waals surface area (Å²) >= 11 is 0. The first kappa shape index (κ1) is 17.2. The van der Waals surface area contributed by atoms with Crippen LogP contribution < -0.4 is 14.8 Å². The third-order valence-corrected chi connectivity index (χ3v) is 4.22. The van der Waals surface area contributed by atoms with Gasteiger partial charge < -0.3 is 14.8 Å². The fourth-order valence-corrected chi connectivity index (χ4v) is 2.87. The van der Waals surface area contributed by atoms with Gasteiger partial charge in [-0.1, -0.05) is 6.07 Å². The summed E-state index contributed by atoms with van der Waals surface area (Å²) in [6.07, 6.45) is 8.84. The lowest BCUT2D eigenvalue weighted by atomic mass is 9.93. The average molecular weight is 341 g/mol. The Morgan fingerprint density at radius 1 is 1.20 bits per heavy atom. The Balaban J connectivity index is 1.37. The summed E-state index contributed by atoms with van der Waals surface area (Å²) in [5.41, 5.74) is 1.12. The molecule has 1 amide bonds. The van der Waals surface area contributed by atoms with E-state index in [2.05, 4.69) is 15.3 Å². The minimum absolute atomic E-state index is 0.00933. The maximum atomic E-state index is 12.0. The summed E-state index contributed by atoms with van der Waals surface area (Å²) in [5.74, 6) is 1.16. The van der Waals surface area contributed by atoms with E-state index in [1.165, 1.54) is 0 Å². The quantitative estimate of drug-likeness (QED) is 0.874. The van der Waals surface area contributed by atoms with Crippen LogP contribution in [0.2, 0.25) is 0 Å². The molecule has 1 N–H and O–H groups in total. The molecule has 132 valence electrons. The smallest absolute Gasteiger partial charge is 0.258 e. The van der Waals surface area contributed by atoms with Crippen molar-refractivity contribution in [3.8, 4) is 11.6 Å². The van der Waals surface area contributed by atoms with Crippen molar-refractivity contribution in [2.45, 2.75) is 44.8 Å². The van der Waals surface area contributed by atoms with Gasteiger partial charge >= 0.3 is 0 Å². The van der Waals surface area contributed by atoms with Crippen molar-refractivity contribution in [2.75, 3.05) is 6.61 Å². The molecule has 25 heavy (non-hydrogen) atoms.